The topological polar surface area (TPSA) is 98.1 Å². The minimum absolute atomic E-state index is 0.325. The number of imidazole rings is 1. The van der Waals surface area contributed by atoms with Crippen molar-refractivity contribution in [3.05, 3.63) is 47.5 Å². The van der Waals surface area contributed by atoms with Crippen molar-refractivity contribution in [3.63, 3.8) is 0 Å². The molecule has 0 radical (unpaired) electrons. The second-order valence-corrected chi connectivity index (χ2v) is 10.2. The van der Waals surface area contributed by atoms with Crippen molar-refractivity contribution in [2.24, 2.45) is 5.92 Å². The smallest absolute Gasteiger partial charge is 0.209 e. The van der Waals surface area contributed by atoms with E-state index in [9.17, 15) is 8.42 Å². The molecule has 3 rings (SSSR count). The number of methoxy groups -OCH3 is 1. The lowest BCUT2D eigenvalue weighted by Crippen LogP contribution is -2.28. The Hall–Kier alpha value is -2.43. The van der Waals surface area contributed by atoms with Gasteiger partial charge >= 0.3 is 0 Å². The quantitative estimate of drug-likeness (QED) is 0.512. The highest BCUT2D eigenvalue weighted by atomic mass is 32.2. The van der Waals surface area contributed by atoms with Gasteiger partial charge in [-0.1, -0.05) is 13.8 Å². The maximum atomic E-state index is 11.7. The summed E-state index contributed by atoms with van der Waals surface area (Å²) in [5.41, 5.74) is 3.34. The van der Waals surface area contributed by atoms with E-state index in [1.54, 1.807) is 13.4 Å². The number of nitrogens with one attached hydrogen (secondary N) is 2. The fourth-order valence-electron chi connectivity index (χ4n) is 3.11. The predicted molar refractivity (Wildman–Crippen MR) is 120 cm³/mol. The van der Waals surface area contributed by atoms with Gasteiger partial charge in [0.1, 0.15) is 5.75 Å². The molecule has 0 saturated carbocycles. The van der Waals surface area contributed by atoms with Crippen LogP contribution in [0.2, 0.25) is 0 Å². The summed E-state index contributed by atoms with van der Waals surface area (Å²) in [6.07, 6.45) is 5.52. The van der Waals surface area contributed by atoms with Crippen LogP contribution >= 0.6 is 11.3 Å². The Morgan fingerprint density at radius 1 is 1.30 bits per heavy atom. The molecule has 10 heteroatoms. The standard InChI is InChI=1S/C20H27N5O3S2/c1-13(2)8-16(24-30(5,26)27)17-11-29-20(23-17)22-15-6-7-18(19(9-15)28-4)25-10-14(3)21-12-25/h6-7,9-13,16,24H,8H2,1-5H3,(H,22,23). The number of benzene rings is 1. The number of sulfonamides is 1. The van der Waals surface area contributed by atoms with Crippen molar-refractivity contribution in [1.82, 2.24) is 19.3 Å². The van der Waals surface area contributed by atoms with Gasteiger partial charge in [-0.15, -0.1) is 11.3 Å². The van der Waals surface area contributed by atoms with E-state index >= 15 is 0 Å². The van der Waals surface area contributed by atoms with Crippen molar-refractivity contribution in [1.29, 1.82) is 0 Å². The fourth-order valence-corrected chi connectivity index (χ4v) is 4.63. The Labute approximate surface area is 181 Å². The monoisotopic (exact) mass is 449 g/mol. The first-order valence-electron chi connectivity index (χ1n) is 9.53. The number of hydrogen-bond acceptors (Lipinski definition) is 7. The highest BCUT2D eigenvalue weighted by Gasteiger charge is 2.20. The third-order valence-electron chi connectivity index (χ3n) is 4.36. The third kappa shape index (κ3) is 5.80. The summed E-state index contributed by atoms with van der Waals surface area (Å²) < 4.78 is 33.6. The molecule has 0 fully saturated rings. The number of rotatable bonds is 9. The van der Waals surface area contributed by atoms with Crippen LogP contribution in [0.1, 0.15) is 37.7 Å². The first-order valence-corrected chi connectivity index (χ1v) is 12.3. The van der Waals surface area contributed by atoms with Crippen LogP contribution in [0, 0.1) is 12.8 Å². The Balaban J connectivity index is 1.81. The van der Waals surface area contributed by atoms with Gasteiger partial charge < -0.3 is 14.6 Å². The van der Waals surface area contributed by atoms with Crippen LogP contribution in [0.15, 0.2) is 36.1 Å². The zero-order chi connectivity index (χ0) is 21.9. The van der Waals surface area contributed by atoms with E-state index in [1.807, 2.05) is 41.3 Å². The van der Waals surface area contributed by atoms with Crippen molar-refractivity contribution in [3.8, 4) is 11.4 Å². The van der Waals surface area contributed by atoms with Gasteiger partial charge in [-0.2, -0.15) is 0 Å². The SMILES string of the molecule is COc1cc(Nc2nc(C(CC(C)C)NS(C)(=O)=O)cs2)ccc1-n1cnc(C)c1. The number of thiazole rings is 1. The molecule has 1 unspecified atom stereocenters. The number of aryl methyl sites for hydroxylation is 1. The van der Waals surface area contributed by atoms with Crippen LogP contribution in [-0.2, 0) is 10.0 Å². The Morgan fingerprint density at radius 2 is 2.07 bits per heavy atom. The maximum absolute atomic E-state index is 11.7. The number of ether oxygens (including phenoxy) is 1. The van der Waals surface area contributed by atoms with Crippen LogP contribution in [0.5, 0.6) is 5.75 Å². The minimum Gasteiger partial charge on any atom is -0.494 e. The zero-order valence-corrected chi connectivity index (χ0v) is 19.3. The zero-order valence-electron chi connectivity index (χ0n) is 17.7. The largest absolute Gasteiger partial charge is 0.494 e. The lowest BCUT2D eigenvalue weighted by molar-refractivity contribution is 0.413. The first kappa shape index (κ1) is 22.3. The van der Waals surface area contributed by atoms with Crippen molar-refractivity contribution in [2.75, 3.05) is 18.7 Å². The van der Waals surface area contributed by atoms with Gasteiger partial charge in [-0.25, -0.2) is 23.1 Å². The lowest BCUT2D eigenvalue weighted by atomic mass is 10.0. The van der Waals surface area contributed by atoms with Crippen LogP contribution in [0.4, 0.5) is 10.8 Å². The van der Waals surface area contributed by atoms with Gasteiger partial charge in [-0.3, -0.25) is 0 Å². The summed E-state index contributed by atoms with van der Waals surface area (Å²) in [5, 5.41) is 5.84. The molecule has 2 N–H and O–H groups in total. The summed E-state index contributed by atoms with van der Waals surface area (Å²) in [6, 6.07) is 5.43. The second-order valence-electron chi connectivity index (χ2n) is 7.58. The van der Waals surface area contributed by atoms with E-state index < -0.39 is 10.0 Å². The van der Waals surface area contributed by atoms with Gasteiger partial charge in [0.25, 0.3) is 0 Å². The first-order chi connectivity index (χ1) is 14.1. The van der Waals surface area contributed by atoms with E-state index in [-0.39, 0.29) is 6.04 Å². The molecule has 0 bridgehead atoms. The van der Waals surface area contributed by atoms with Crippen LogP contribution in [0.3, 0.4) is 0 Å². The van der Waals surface area contributed by atoms with E-state index in [0.717, 1.165) is 17.1 Å². The molecular weight excluding hydrogens is 422 g/mol. The Morgan fingerprint density at radius 3 is 2.67 bits per heavy atom. The highest BCUT2D eigenvalue weighted by Crippen LogP contribution is 2.31. The lowest BCUT2D eigenvalue weighted by Gasteiger charge is -2.17. The molecule has 8 nitrogen and oxygen atoms in total. The van der Waals surface area contributed by atoms with E-state index in [4.69, 9.17) is 4.74 Å². The summed E-state index contributed by atoms with van der Waals surface area (Å²) in [4.78, 5) is 8.87. The third-order valence-corrected chi connectivity index (χ3v) is 5.85. The molecule has 162 valence electrons. The molecular formula is C20H27N5O3S2. The summed E-state index contributed by atoms with van der Waals surface area (Å²) in [6.45, 7) is 6.04. The molecule has 2 heterocycles. The van der Waals surface area contributed by atoms with Crippen LogP contribution in [-0.4, -0.2) is 36.3 Å². The van der Waals surface area contributed by atoms with Gasteiger partial charge in [0.05, 0.1) is 42.8 Å². The molecule has 3 aromatic rings. The van der Waals surface area contributed by atoms with Crippen molar-refractivity contribution < 1.29 is 13.2 Å². The fraction of sp³-hybridized carbons (Fsp3) is 0.400. The maximum Gasteiger partial charge on any atom is 0.209 e. The summed E-state index contributed by atoms with van der Waals surface area (Å²) in [7, 11) is -1.71. The van der Waals surface area contributed by atoms with E-state index in [0.29, 0.717) is 28.9 Å². The van der Waals surface area contributed by atoms with Crippen LogP contribution in [0.25, 0.3) is 5.69 Å². The van der Waals surface area contributed by atoms with Crippen LogP contribution < -0.4 is 14.8 Å². The summed E-state index contributed by atoms with van der Waals surface area (Å²) in [5.74, 6) is 1.02. The van der Waals surface area contributed by atoms with Gasteiger partial charge in [0.15, 0.2) is 5.13 Å². The molecule has 1 atom stereocenters. The highest BCUT2D eigenvalue weighted by molar-refractivity contribution is 7.88. The normalized spacial score (nSPS) is 12.9. The predicted octanol–water partition coefficient (Wildman–Crippen LogP) is 4.03. The van der Waals surface area contributed by atoms with Gasteiger partial charge in [-0.05, 0) is 31.4 Å². The van der Waals surface area contributed by atoms with Crippen molar-refractivity contribution in [2.45, 2.75) is 33.2 Å². The van der Waals surface area contributed by atoms with Gasteiger partial charge in [0, 0.05) is 23.3 Å². The number of aromatic nitrogens is 3. The average Bonchev–Trinajstić information content (AvgIpc) is 3.28. The van der Waals surface area contributed by atoms with Crippen molar-refractivity contribution >= 4 is 32.2 Å². The minimum atomic E-state index is -3.33. The molecule has 0 aliphatic heterocycles. The molecule has 30 heavy (non-hydrogen) atoms. The van der Waals surface area contributed by atoms with E-state index in [1.165, 1.54) is 17.6 Å². The molecule has 2 aromatic heterocycles. The average molecular weight is 450 g/mol. The Kier molecular flexibility index (Phi) is 6.79. The molecule has 0 aliphatic rings. The number of anilines is 2. The van der Waals surface area contributed by atoms with Gasteiger partial charge in [0.2, 0.25) is 10.0 Å². The Bertz CT molecular complexity index is 1110. The molecule has 1 aromatic carbocycles. The second kappa shape index (κ2) is 9.15. The van der Waals surface area contributed by atoms with E-state index in [2.05, 4.69) is 33.9 Å². The molecule has 0 aliphatic carbocycles. The molecule has 0 spiro atoms. The number of nitrogens with zero attached hydrogens (tertiary/aromatic N) is 3. The number of hydrogen-bond donors (Lipinski definition) is 2. The molecule has 0 saturated heterocycles. The molecule has 0 amide bonds. The summed E-state index contributed by atoms with van der Waals surface area (Å²) >= 11 is 1.43.